The Bertz CT molecular complexity index is 2650. The Morgan fingerprint density at radius 1 is 0.321 bits per heavy atom. The summed E-state index contributed by atoms with van der Waals surface area (Å²) in [5, 5.41) is 1.08. The van der Waals surface area contributed by atoms with Gasteiger partial charge in [-0.25, -0.2) is 15.0 Å². The van der Waals surface area contributed by atoms with Crippen molar-refractivity contribution in [2.75, 3.05) is 0 Å². The summed E-state index contributed by atoms with van der Waals surface area (Å²) in [6.45, 7) is 2.05. The Morgan fingerprint density at radius 3 is 1.43 bits per heavy atom. The molecule has 0 unspecified atom stereocenters. The molecule has 0 radical (unpaired) electrons. The van der Waals surface area contributed by atoms with Gasteiger partial charge in [-0.3, -0.25) is 9.97 Å². The molecule has 6 aromatic carbocycles. The lowest BCUT2D eigenvalue weighted by molar-refractivity contribution is 1.07. The summed E-state index contributed by atoms with van der Waals surface area (Å²) in [5.74, 6) is 1.85. The lowest BCUT2D eigenvalue weighted by Gasteiger charge is -2.13. The second-order valence-electron chi connectivity index (χ2n) is 13.1. The highest BCUT2D eigenvalue weighted by Crippen LogP contribution is 2.35. The minimum absolute atomic E-state index is 0.601. The average molecular weight is 680 g/mol. The van der Waals surface area contributed by atoms with E-state index in [1.165, 1.54) is 5.56 Å². The first-order valence-electron chi connectivity index (χ1n) is 17.7. The van der Waals surface area contributed by atoms with Crippen LogP contribution in [0.5, 0.6) is 0 Å². The number of aryl methyl sites for hydroxylation is 1. The zero-order valence-corrected chi connectivity index (χ0v) is 29.1. The predicted octanol–water partition coefficient (Wildman–Crippen LogP) is 11.8. The largest absolute Gasteiger partial charge is 0.256 e. The molecule has 5 nitrogen and oxygen atoms in total. The summed E-state index contributed by atoms with van der Waals surface area (Å²) in [6.07, 6.45) is 1.94. The normalized spacial score (nSPS) is 11.1. The monoisotopic (exact) mass is 679 g/mol. The summed E-state index contributed by atoms with van der Waals surface area (Å²) in [4.78, 5) is 24.8. The van der Waals surface area contributed by atoms with Gasteiger partial charge in [0.25, 0.3) is 0 Å². The first kappa shape index (κ1) is 31.8. The molecule has 0 aliphatic rings. The van der Waals surface area contributed by atoms with E-state index in [1.807, 2.05) is 98.0 Å². The van der Waals surface area contributed by atoms with Crippen molar-refractivity contribution in [3.63, 3.8) is 0 Å². The standard InChI is InChI=1S/C48H33N5/c1-32-25-39(33-13-5-2-6-14-33)30-45(50-32)35-23-21-34(22-24-35)40-27-41(43-26-38-19-11-12-20-44(38)49-31-43)29-42(28-40)48-52-46(36-15-7-3-8-16-36)51-47(53-48)37-17-9-4-10-18-37/h2-31H,1H3. The minimum atomic E-state index is 0.601. The zero-order valence-electron chi connectivity index (χ0n) is 29.1. The van der Waals surface area contributed by atoms with Gasteiger partial charge >= 0.3 is 0 Å². The third kappa shape index (κ3) is 6.72. The molecule has 3 aromatic heterocycles. The van der Waals surface area contributed by atoms with Gasteiger partial charge in [0.15, 0.2) is 17.5 Å². The van der Waals surface area contributed by atoms with Crippen LogP contribution in [0.1, 0.15) is 5.69 Å². The van der Waals surface area contributed by atoms with Crippen molar-refractivity contribution >= 4 is 10.9 Å². The van der Waals surface area contributed by atoms with E-state index in [0.29, 0.717) is 17.5 Å². The van der Waals surface area contributed by atoms with Crippen LogP contribution in [0, 0.1) is 6.92 Å². The Balaban J connectivity index is 1.18. The molecule has 9 aromatic rings. The first-order chi connectivity index (χ1) is 26.1. The third-order valence-electron chi connectivity index (χ3n) is 9.39. The Kier molecular flexibility index (Phi) is 8.35. The maximum atomic E-state index is 5.07. The van der Waals surface area contributed by atoms with Crippen molar-refractivity contribution < 1.29 is 0 Å². The van der Waals surface area contributed by atoms with E-state index < -0.39 is 0 Å². The number of aromatic nitrogens is 5. The van der Waals surface area contributed by atoms with Gasteiger partial charge in [-0.05, 0) is 77.2 Å². The van der Waals surface area contributed by atoms with E-state index in [2.05, 4.69) is 91.0 Å². The van der Waals surface area contributed by atoms with Crippen LogP contribution >= 0.6 is 0 Å². The van der Waals surface area contributed by atoms with E-state index in [9.17, 15) is 0 Å². The number of pyridine rings is 2. The van der Waals surface area contributed by atoms with Crippen LogP contribution in [0.25, 0.3) is 89.7 Å². The molecule has 0 atom stereocenters. The van der Waals surface area contributed by atoms with Crippen LogP contribution in [-0.4, -0.2) is 24.9 Å². The van der Waals surface area contributed by atoms with Gasteiger partial charge in [-0.15, -0.1) is 0 Å². The van der Waals surface area contributed by atoms with Crippen molar-refractivity contribution in [2.45, 2.75) is 6.92 Å². The SMILES string of the molecule is Cc1cc(-c2ccccc2)cc(-c2ccc(-c3cc(-c4cnc5ccccc5c4)cc(-c4nc(-c5ccccc5)nc(-c5ccccc5)n4)c3)cc2)n1. The van der Waals surface area contributed by atoms with Crippen LogP contribution < -0.4 is 0 Å². The number of nitrogens with zero attached hydrogens (tertiary/aromatic N) is 5. The maximum Gasteiger partial charge on any atom is 0.164 e. The minimum Gasteiger partial charge on any atom is -0.256 e. The topological polar surface area (TPSA) is 64.5 Å². The fourth-order valence-electron chi connectivity index (χ4n) is 6.70. The highest BCUT2D eigenvalue weighted by molar-refractivity contribution is 5.86. The highest BCUT2D eigenvalue weighted by Gasteiger charge is 2.16. The van der Waals surface area contributed by atoms with Gasteiger partial charge in [-0.1, -0.05) is 133 Å². The van der Waals surface area contributed by atoms with Crippen LogP contribution in [0.3, 0.4) is 0 Å². The lowest BCUT2D eigenvalue weighted by atomic mass is 9.94. The van der Waals surface area contributed by atoms with E-state index >= 15 is 0 Å². The molecule has 0 bridgehead atoms. The third-order valence-corrected chi connectivity index (χ3v) is 9.39. The molecule has 9 rings (SSSR count). The van der Waals surface area contributed by atoms with Gasteiger partial charge in [0, 0.05) is 45.1 Å². The van der Waals surface area contributed by atoms with Crippen molar-refractivity contribution in [2.24, 2.45) is 0 Å². The van der Waals surface area contributed by atoms with Crippen LogP contribution in [0.2, 0.25) is 0 Å². The average Bonchev–Trinajstić information content (AvgIpc) is 3.24. The fraction of sp³-hybridized carbons (Fsp3) is 0.0208. The van der Waals surface area contributed by atoms with Crippen LogP contribution in [0.15, 0.2) is 182 Å². The van der Waals surface area contributed by atoms with Crippen LogP contribution in [0.4, 0.5) is 0 Å². The van der Waals surface area contributed by atoms with E-state index in [1.54, 1.807) is 0 Å². The Labute approximate surface area is 308 Å². The first-order valence-corrected chi connectivity index (χ1v) is 17.7. The van der Waals surface area contributed by atoms with Gasteiger partial charge in [0.05, 0.1) is 11.2 Å². The van der Waals surface area contributed by atoms with Crippen molar-refractivity contribution in [1.82, 2.24) is 24.9 Å². The molecule has 0 N–H and O–H groups in total. The van der Waals surface area contributed by atoms with Crippen LogP contribution in [-0.2, 0) is 0 Å². The number of para-hydroxylation sites is 1. The Hall–Kier alpha value is -7.11. The smallest absolute Gasteiger partial charge is 0.164 e. The zero-order chi connectivity index (χ0) is 35.6. The summed E-state index contributed by atoms with van der Waals surface area (Å²) < 4.78 is 0. The second-order valence-corrected chi connectivity index (χ2v) is 13.1. The summed E-state index contributed by atoms with van der Waals surface area (Å²) in [7, 11) is 0. The molecule has 0 amide bonds. The molecule has 0 saturated heterocycles. The molecule has 0 saturated carbocycles. The number of fused-ring (bicyclic) bond motifs is 1. The predicted molar refractivity (Wildman–Crippen MR) is 216 cm³/mol. The molecule has 3 heterocycles. The summed E-state index contributed by atoms with van der Waals surface area (Å²) in [6, 6.07) is 60.5. The quantitative estimate of drug-likeness (QED) is 0.168. The number of hydrogen-bond donors (Lipinski definition) is 0. The lowest BCUT2D eigenvalue weighted by Crippen LogP contribution is -2.00. The van der Waals surface area contributed by atoms with Gasteiger partial charge in [0.2, 0.25) is 0 Å². The molecule has 0 aliphatic heterocycles. The summed E-state index contributed by atoms with van der Waals surface area (Å²) >= 11 is 0. The molecule has 53 heavy (non-hydrogen) atoms. The van der Waals surface area contributed by atoms with E-state index in [0.717, 1.165) is 72.4 Å². The highest BCUT2D eigenvalue weighted by atomic mass is 15.0. The fourth-order valence-corrected chi connectivity index (χ4v) is 6.70. The van der Waals surface area contributed by atoms with Gasteiger partial charge in [0.1, 0.15) is 0 Å². The van der Waals surface area contributed by atoms with E-state index in [-0.39, 0.29) is 0 Å². The van der Waals surface area contributed by atoms with Crippen molar-refractivity contribution in [3.05, 3.63) is 188 Å². The summed E-state index contributed by atoms with van der Waals surface area (Å²) in [5.41, 5.74) is 13.2. The molecule has 0 aliphatic carbocycles. The van der Waals surface area contributed by atoms with Crippen molar-refractivity contribution in [1.29, 1.82) is 0 Å². The number of benzene rings is 6. The Morgan fingerprint density at radius 2 is 0.792 bits per heavy atom. The molecule has 250 valence electrons. The number of rotatable bonds is 7. The van der Waals surface area contributed by atoms with Gasteiger partial charge < -0.3 is 0 Å². The molecule has 0 spiro atoms. The molecular formula is C48H33N5. The number of hydrogen-bond acceptors (Lipinski definition) is 5. The molecular weight excluding hydrogens is 647 g/mol. The second kappa shape index (κ2) is 13.9. The molecule has 5 heteroatoms. The molecule has 0 fully saturated rings. The van der Waals surface area contributed by atoms with Gasteiger partial charge in [-0.2, -0.15) is 0 Å². The van der Waals surface area contributed by atoms with E-state index in [4.69, 9.17) is 24.9 Å². The maximum absolute atomic E-state index is 5.07. The van der Waals surface area contributed by atoms with Crippen molar-refractivity contribution in [3.8, 4) is 78.8 Å².